The van der Waals surface area contributed by atoms with Crippen LogP contribution in [0.15, 0.2) is 29.2 Å². The molecular formula is C18H25N3O6S. The van der Waals surface area contributed by atoms with Gasteiger partial charge in [0.15, 0.2) is 4.90 Å². The number of nitro groups is 1. The first-order chi connectivity index (χ1) is 13.2. The molecule has 0 bridgehead atoms. The zero-order valence-electron chi connectivity index (χ0n) is 16.0. The highest BCUT2D eigenvalue weighted by Crippen LogP contribution is 2.31. The number of rotatable bonds is 4. The third kappa shape index (κ3) is 4.03. The van der Waals surface area contributed by atoms with Crippen LogP contribution >= 0.6 is 0 Å². The predicted molar refractivity (Wildman–Crippen MR) is 101 cm³/mol. The van der Waals surface area contributed by atoms with E-state index in [0.29, 0.717) is 25.9 Å². The number of nitro benzene ring substituents is 1. The fraction of sp³-hybridized carbons (Fsp3) is 0.611. The van der Waals surface area contributed by atoms with Gasteiger partial charge in [-0.3, -0.25) is 14.9 Å². The summed E-state index contributed by atoms with van der Waals surface area (Å²) in [7, 11) is -4.18. The number of piperidine rings is 1. The van der Waals surface area contributed by atoms with Crippen molar-refractivity contribution in [2.75, 3.05) is 19.6 Å². The molecule has 2 aliphatic heterocycles. The molecule has 0 aromatic heterocycles. The molecule has 1 amide bonds. The summed E-state index contributed by atoms with van der Waals surface area (Å²) in [5, 5.41) is 11.3. The Kier molecular flexibility index (Phi) is 6.01. The second-order valence-electron chi connectivity index (χ2n) is 7.35. The topological polar surface area (TPSA) is 110 Å². The molecule has 3 atom stereocenters. The van der Waals surface area contributed by atoms with Crippen LogP contribution in [0.1, 0.15) is 33.1 Å². The summed E-state index contributed by atoms with van der Waals surface area (Å²) in [6.07, 6.45) is 1.49. The van der Waals surface area contributed by atoms with E-state index in [1.807, 2.05) is 13.8 Å². The highest BCUT2D eigenvalue weighted by atomic mass is 32.2. The van der Waals surface area contributed by atoms with Crippen LogP contribution in [0.5, 0.6) is 0 Å². The van der Waals surface area contributed by atoms with E-state index in [4.69, 9.17) is 4.74 Å². The number of benzene rings is 1. The lowest BCUT2D eigenvalue weighted by atomic mass is 10.0. The van der Waals surface area contributed by atoms with Gasteiger partial charge in [-0.25, -0.2) is 8.42 Å². The Bertz CT molecular complexity index is 849. The minimum absolute atomic E-state index is 0.128. The van der Waals surface area contributed by atoms with Gasteiger partial charge >= 0.3 is 0 Å². The number of nitrogens with zero attached hydrogens (tertiary/aromatic N) is 3. The molecule has 3 rings (SSSR count). The molecule has 10 heteroatoms. The molecule has 0 spiro atoms. The van der Waals surface area contributed by atoms with Crippen molar-refractivity contribution >= 4 is 21.6 Å². The number of para-hydroxylation sites is 1. The number of carbonyl (C=O) groups is 1. The first-order valence-corrected chi connectivity index (χ1v) is 10.9. The van der Waals surface area contributed by atoms with Crippen LogP contribution in [0.2, 0.25) is 0 Å². The van der Waals surface area contributed by atoms with Gasteiger partial charge < -0.3 is 9.64 Å². The van der Waals surface area contributed by atoms with Crippen LogP contribution in [0.4, 0.5) is 5.69 Å². The van der Waals surface area contributed by atoms with E-state index in [-0.39, 0.29) is 29.6 Å². The zero-order chi connectivity index (χ0) is 20.5. The number of carbonyl (C=O) groups excluding carboxylic acids is 1. The second kappa shape index (κ2) is 8.14. The summed E-state index contributed by atoms with van der Waals surface area (Å²) in [6, 6.07) is 4.41. The van der Waals surface area contributed by atoms with Crippen molar-refractivity contribution in [1.82, 2.24) is 9.21 Å². The summed E-state index contributed by atoms with van der Waals surface area (Å²) >= 11 is 0. The lowest BCUT2D eigenvalue weighted by Gasteiger charge is -2.40. The summed E-state index contributed by atoms with van der Waals surface area (Å²) in [5.41, 5.74) is -0.479. The van der Waals surface area contributed by atoms with Gasteiger partial charge in [0.25, 0.3) is 15.7 Å². The molecule has 1 aromatic carbocycles. The standard InChI is InChI=1S/C18H25N3O6S/c1-13-11-19(12-14(2)27-13)18(22)16-8-5-6-10-20(16)28(25,26)17-9-4-3-7-15(17)21(23)24/h3-4,7,9,13-14,16H,5-6,8,10-12H2,1-2H3/t13-,14+,16-/m0/s1. The van der Waals surface area contributed by atoms with Crippen molar-refractivity contribution in [3.63, 3.8) is 0 Å². The molecule has 0 N–H and O–H groups in total. The number of amides is 1. The fourth-order valence-corrected chi connectivity index (χ4v) is 5.77. The quantitative estimate of drug-likeness (QED) is 0.552. The SMILES string of the molecule is C[C@@H]1CN(C(=O)[C@@H]2CCCCN2S(=O)(=O)c2ccccc2[N+](=O)[O-])C[C@H](C)O1. The first kappa shape index (κ1) is 20.7. The summed E-state index contributed by atoms with van der Waals surface area (Å²) in [4.78, 5) is 25.1. The number of sulfonamides is 1. The van der Waals surface area contributed by atoms with Gasteiger partial charge in [-0.1, -0.05) is 18.6 Å². The molecule has 9 nitrogen and oxygen atoms in total. The Morgan fingerprint density at radius 1 is 1.18 bits per heavy atom. The maximum Gasteiger partial charge on any atom is 0.289 e. The number of morpholine rings is 1. The largest absolute Gasteiger partial charge is 0.372 e. The lowest BCUT2D eigenvalue weighted by Crippen LogP contribution is -2.57. The molecule has 1 aromatic rings. The average Bonchev–Trinajstić information content (AvgIpc) is 2.66. The van der Waals surface area contributed by atoms with Gasteiger partial charge in [0.1, 0.15) is 6.04 Å². The van der Waals surface area contributed by atoms with Crippen LogP contribution in [0.3, 0.4) is 0 Å². The van der Waals surface area contributed by atoms with E-state index in [1.165, 1.54) is 24.3 Å². The molecule has 28 heavy (non-hydrogen) atoms. The van der Waals surface area contributed by atoms with E-state index >= 15 is 0 Å². The zero-order valence-corrected chi connectivity index (χ0v) is 16.8. The Morgan fingerprint density at radius 3 is 2.46 bits per heavy atom. The monoisotopic (exact) mass is 411 g/mol. The smallest absolute Gasteiger partial charge is 0.289 e. The maximum atomic E-state index is 13.3. The first-order valence-electron chi connectivity index (χ1n) is 9.41. The van der Waals surface area contributed by atoms with Crippen LogP contribution in [0, 0.1) is 10.1 Å². The summed E-state index contributed by atoms with van der Waals surface area (Å²) in [5.74, 6) is -0.260. The highest BCUT2D eigenvalue weighted by molar-refractivity contribution is 7.89. The van der Waals surface area contributed by atoms with Crippen LogP contribution in [0.25, 0.3) is 0 Å². The average molecular weight is 411 g/mol. The molecule has 0 radical (unpaired) electrons. The molecule has 2 saturated heterocycles. The van der Waals surface area contributed by atoms with Gasteiger partial charge in [-0.05, 0) is 32.8 Å². The van der Waals surface area contributed by atoms with Crippen LogP contribution < -0.4 is 0 Å². The van der Waals surface area contributed by atoms with Gasteiger partial charge in [0.2, 0.25) is 5.91 Å². The van der Waals surface area contributed by atoms with Crippen molar-refractivity contribution < 1.29 is 22.9 Å². The number of hydrogen-bond acceptors (Lipinski definition) is 6. The van der Waals surface area contributed by atoms with Crippen molar-refractivity contribution in [3.8, 4) is 0 Å². The van der Waals surface area contributed by atoms with Crippen molar-refractivity contribution in [3.05, 3.63) is 34.4 Å². The van der Waals surface area contributed by atoms with Crippen LogP contribution in [-0.4, -0.2) is 66.3 Å². The molecule has 2 fully saturated rings. The Labute approximate surface area is 164 Å². The van der Waals surface area contributed by atoms with Crippen molar-refractivity contribution in [1.29, 1.82) is 0 Å². The molecule has 0 saturated carbocycles. The normalized spacial score (nSPS) is 26.8. The lowest BCUT2D eigenvalue weighted by molar-refractivity contribution is -0.387. The number of ether oxygens (including phenoxy) is 1. The Morgan fingerprint density at radius 2 is 1.82 bits per heavy atom. The highest BCUT2D eigenvalue weighted by Gasteiger charge is 2.42. The molecular weight excluding hydrogens is 386 g/mol. The van der Waals surface area contributed by atoms with Crippen molar-refractivity contribution in [2.24, 2.45) is 0 Å². The van der Waals surface area contributed by atoms with E-state index in [9.17, 15) is 23.3 Å². The Balaban J connectivity index is 1.93. The minimum atomic E-state index is -4.18. The van der Waals surface area contributed by atoms with Gasteiger partial charge in [-0.15, -0.1) is 0 Å². The van der Waals surface area contributed by atoms with E-state index in [1.54, 1.807) is 4.90 Å². The number of hydrogen-bond donors (Lipinski definition) is 0. The summed E-state index contributed by atoms with van der Waals surface area (Å²) < 4.78 is 33.3. The van der Waals surface area contributed by atoms with Gasteiger partial charge in [0.05, 0.1) is 17.1 Å². The molecule has 154 valence electrons. The van der Waals surface area contributed by atoms with Crippen LogP contribution in [-0.2, 0) is 19.6 Å². The summed E-state index contributed by atoms with van der Waals surface area (Å²) in [6.45, 7) is 4.72. The molecule has 2 aliphatic rings. The van der Waals surface area contributed by atoms with Gasteiger partial charge in [0, 0.05) is 25.7 Å². The van der Waals surface area contributed by atoms with E-state index in [2.05, 4.69) is 0 Å². The van der Waals surface area contributed by atoms with E-state index < -0.39 is 26.7 Å². The van der Waals surface area contributed by atoms with E-state index in [0.717, 1.165) is 10.7 Å². The molecule has 2 heterocycles. The molecule has 0 unspecified atom stereocenters. The minimum Gasteiger partial charge on any atom is -0.372 e. The third-order valence-corrected chi connectivity index (χ3v) is 7.07. The maximum absolute atomic E-state index is 13.3. The Hall–Kier alpha value is -2.04. The predicted octanol–water partition coefficient (Wildman–Crippen LogP) is 1.77. The van der Waals surface area contributed by atoms with Crippen molar-refractivity contribution in [2.45, 2.75) is 56.3 Å². The third-order valence-electron chi connectivity index (χ3n) is 5.12. The molecule has 0 aliphatic carbocycles. The van der Waals surface area contributed by atoms with Gasteiger partial charge in [-0.2, -0.15) is 4.31 Å². The second-order valence-corrected chi connectivity index (χ2v) is 9.21. The fourth-order valence-electron chi connectivity index (χ4n) is 3.96.